The topological polar surface area (TPSA) is 9.86 Å². The maximum absolute atomic E-state index is 2.43. The van der Waals surface area contributed by atoms with Crippen molar-refractivity contribution in [2.45, 2.75) is 5.41 Å². The molecule has 0 aliphatic heterocycles. The van der Waals surface area contributed by atoms with Gasteiger partial charge >= 0.3 is 0 Å². The minimum Gasteiger partial charge on any atom is -0.309 e. The Morgan fingerprint density at radius 3 is 1.00 bits per heavy atom. The summed E-state index contributed by atoms with van der Waals surface area (Å²) in [6.07, 6.45) is 0. The van der Waals surface area contributed by atoms with Crippen LogP contribution in [0.3, 0.4) is 0 Å². The molecule has 0 radical (unpaired) electrons. The Bertz CT molecular complexity index is 4840. The highest BCUT2D eigenvalue weighted by atomic mass is 15.0. The van der Waals surface area contributed by atoms with Crippen LogP contribution in [0.25, 0.3) is 122 Å². The quantitative estimate of drug-likeness (QED) is 0.136. The Morgan fingerprint density at radius 1 is 0.198 bits per heavy atom. The molecule has 0 saturated carbocycles. The number of fused-ring (bicyclic) bond motifs is 9. The largest absolute Gasteiger partial charge is 0.309 e. The fourth-order valence-electron chi connectivity index (χ4n) is 13.5. The number of rotatable bonds is 9. The lowest BCUT2D eigenvalue weighted by Gasteiger charge is -2.34. The smallest absolute Gasteiger partial charge is 0.0713 e. The summed E-state index contributed by atoms with van der Waals surface area (Å²) in [6.45, 7) is 0. The molecule has 15 aromatic rings. The summed E-state index contributed by atoms with van der Waals surface area (Å²) in [6, 6.07) is 117. The zero-order chi connectivity index (χ0) is 53.4. The molecule has 0 bridgehead atoms. The maximum atomic E-state index is 2.43. The third-order valence-corrected chi connectivity index (χ3v) is 17.2. The number of aromatic nitrogens is 2. The number of hydrogen-bond donors (Lipinski definition) is 0. The average molecular weight is 1030 g/mol. The van der Waals surface area contributed by atoms with E-state index in [0.717, 1.165) is 5.69 Å². The molecule has 81 heavy (non-hydrogen) atoms. The zero-order valence-electron chi connectivity index (χ0n) is 44.4. The Balaban J connectivity index is 0.724. The summed E-state index contributed by atoms with van der Waals surface area (Å²) in [5.41, 5.74) is 26.2. The van der Waals surface area contributed by atoms with Crippen LogP contribution < -0.4 is 0 Å². The number of hydrogen-bond acceptors (Lipinski definition) is 0. The molecule has 13 aromatic carbocycles. The van der Waals surface area contributed by atoms with E-state index < -0.39 is 5.41 Å². The normalized spacial score (nSPS) is 12.5. The van der Waals surface area contributed by atoms with E-state index >= 15 is 0 Å². The predicted octanol–water partition coefficient (Wildman–Crippen LogP) is 20.6. The van der Waals surface area contributed by atoms with Gasteiger partial charge in [-0.15, -0.1) is 0 Å². The van der Waals surface area contributed by atoms with E-state index in [2.05, 4.69) is 325 Å². The molecular formula is C79H52N2. The molecule has 2 heteroatoms. The second kappa shape index (κ2) is 18.8. The second-order valence-corrected chi connectivity index (χ2v) is 21.6. The first-order chi connectivity index (χ1) is 40.2. The second-order valence-electron chi connectivity index (χ2n) is 21.6. The highest BCUT2D eigenvalue weighted by molar-refractivity contribution is 6.13. The minimum absolute atomic E-state index is 0.537. The molecular weight excluding hydrogens is 977 g/mol. The van der Waals surface area contributed by atoms with Crippen molar-refractivity contribution in [3.05, 3.63) is 338 Å². The van der Waals surface area contributed by atoms with Crippen molar-refractivity contribution in [1.29, 1.82) is 0 Å². The van der Waals surface area contributed by atoms with Crippen molar-refractivity contribution >= 4 is 43.6 Å². The number of nitrogens with zero attached hydrogens (tertiary/aromatic N) is 2. The minimum atomic E-state index is -0.537. The summed E-state index contributed by atoms with van der Waals surface area (Å²) in [5.74, 6) is 0. The fourth-order valence-corrected chi connectivity index (χ4v) is 13.5. The van der Waals surface area contributed by atoms with Gasteiger partial charge in [-0.25, -0.2) is 0 Å². The van der Waals surface area contributed by atoms with Gasteiger partial charge in [-0.3, -0.25) is 0 Å². The molecule has 0 fully saturated rings. The first kappa shape index (κ1) is 46.5. The first-order valence-electron chi connectivity index (χ1n) is 28.1. The lowest BCUT2D eigenvalue weighted by Crippen LogP contribution is -2.28. The highest BCUT2D eigenvalue weighted by Crippen LogP contribution is 2.57. The van der Waals surface area contributed by atoms with E-state index in [0.29, 0.717) is 0 Å². The van der Waals surface area contributed by atoms with Crippen LogP contribution in [0.5, 0.6) is 0 Å². The van der Waals surface area contributed by atoms with E-state index in [1.165, 1.54) is 138 Å². The van der Waals surface area contributed by atoms with Crippen molar-refractivity contribution in [1.82, 2.24) is 9.13 Å². The Hall–Kier alpha value is -10.5. The monoisotopic (exact) mass is 1030 g/mol. The molecule has 0 spiro atoms. The first-order valence-corrected chi connectivity index (χ1v) is 28.1. The molecule has 2 nitrogen and oxygen atoms in total. The van der Waals surface area contributed by atoms with Crippen LogP contribution in [-0.2, 0) is 5.41 Å². The van der Waals surface area contributed by atoms with Crippen LogP contribution in [0.15, 0.2) is 315 Å². The van der Waals surface area contributed by atoms with E-state index in [1.54, 1.807) is 0 Å². The van der Waals surface area contributed by atoms with E-state index in [9.17, 15) is 0 Å². The molecule has 0 atom stereocenters. The molecule has 0 amide bonds. The van der Waals surface area contributed by atoms with Gasteiger partial charge in [-0.2, -0.15) is 0 Å². The molecule has 0 saturated heterocycles. The number of benzene rings is 13. The van der Waals surface area contributed by atoms with Gasteiger partial charge in [-0.1, -0.05) is 243 Å². The maximum Gasteiger partial charge on any atom is 0.0713 e. The van der Waals surface area contributed by atoms with Crippen molar-refractivity contribution in [3.63, 3.8) is 0 Å². The lowest BCUT2D eigenvalue weighted by atomic mass is 9.67. The van der Waals surface area contributed by atoms with Crippen LogP contribution >= 0.6 is 0 Å². The van der Waals surface area contributed by atoms with Gasteiger partial charge in [-0.05, 0) is 162 Å². The molecule has 1 aliphatic rings. The van der Waals surface area contributed by atoms with Gasteiger partial charge in [0.1, 0.15) is 0 Å². The predicted molar refractivity (Wildman–Crippen MR) is 340 cm³/mol. The van der Waals surface area contributed by atoms with Gasteiger partial charge in [0.15, 0.2) is 0 Å². The Labute approximate surface area is 471 Å². The summed E-state index contributed by atoms with van der Waals surface area (Å²) >= 11 is 0. The van der Waals surface area contributed by atoms with E-state index in [1.807, 2.05) is 0 Å². The van der Waals surface area contributed by atoms with E-state index in [-0.39, 0.29) is 0 Å². The highest BCUT2D eigenvalue weighted by Gasteiger charge is 2.46. The van der Waals surface area contributed by atoms with Crippen LogP contribution in [-0.4, -0.2) is 9.13 Å². The lowest BCUT2D eigenvalue weighted by molar-refractivity contribution is 0.769. The van der Waals surface area contributed by atoms with Crippen LogP contribution in [0.1, 0.15) is 22.3 Å². The summed E-state index contributed by atoms with van der Waals surface area (Å²) in [4.78, 5) is 0. The fraction of sp³-hybridized carbons (Fsp3) is 0.0127. The SMILES string of the molecule is c1ccc(-c2ccc(-c3cccc(C4(c5cccc(-c6ccc(-c7ccc(-n8c9ccccc9c9cc(-c%10ccc%11c(c%10)c%10ccccc%10n%11-c%10ccccc%10)ccc98)cc7)cc6)c5)c5ccccc5-c5ccccc54)c3)cc2)cc1. The van der Waals surface area contributed by atoms with Crippen molar-refractivity contribution in [2.75, 3.05) is 0 Å². The van der Waals surface area contributed by atoms with Crippen molar-refractivity contribution in [3.8, 4) is 78.1 Å². The van der Waals surface area contributed by atoms with Gasteiger partial charge in [0, 0.05) is 32.9 Å². The Morgan fingerprint density at radius 2 is 0.519 bits per heavy atom. The number of para-hydroxylation sites is 3. The van der Waals surface area contributed by atoms with Gasteiger partial charge in [0.2, 0.25) is 0 Å². The van der Waals surface area contributed by atoms with Gasteiger partial charge < -0.3 is 9.13 Å². The molecule has 2 aromatic heterocycles. The van der Waals surface area contributed by atoms with Crippen molar-refractivity contribution in [2.24, 2.45) is 0 Å². The van der Waals surface area contributed by atoms with Crippen LogP contribution in [0, 0.1) is 0 Å². The average Bonchev–Trinajstić information content (AvgIpc) is 4.40. The third kappa shape index (κ3) is 7.49. The van der Waals surface area contributed by atoms with Gasteiger partial charge in [0.25, 0.3) is 0 Å². The molecule has 16 rings (SSSR count). The zero-order valence-corrected chi connectivity index (χ0v) is 44.4. The summed E-state index contributed by atoms with van der Waals surface area (Å²) < 4.78 is 4.79. The molecule has 0 unspecified atom stereocenters. The molecule has 2 heterocycles. The molecule has 0 N–H and O–H groups in total. The standard InChI is InChI=1S/C79H52N2/c1-3-17-53(18-4-1)54-33-37-57(38-34-54)59-19-15-21-63(49-59)79(73-29-11-7-25-67(73)68-26-8-12-30-74(68)79)64-22-16-20-60(50-64)58-39-35-55(36-40-58)56-41-45-66(46-42-56)81-76-32-14-10-28-70(76)72-52-62(44-48-78(72)81)61-43-47-77-71(51-61)69-27-9-13-31-75(69)80(77)65-23-5-2-6-24-65/h1-52H. The molecule has 1 aliphatic carbocycles. The summed E-state index contributed by atoms with van der Waals surface area (Å²) in [5, 5.41) is 4.99. The Kier molecular flexibility index (Phi) is 10.8. The summed E-state index contributed by atoms with van der Waals surface area (Å²) in [7, 11) is 0. The van der Waals surface area contributed by atoms with Gasteiger partial charge in [0.05, 0.1) is 27.5 Å². The van der Waals surface area contributed by atoms with Crippen LogP contribution in [0.4, 0.5) is 0 Å². The van der Waals surface area contributed by atoms with Crippen molar-refractivity contribution < 1.29 is 0 Å². The van der Waals surface area contributed by atoms with Crippen LogP contribution in [0.2, 0.25) is 0 Å². The van der Waals surface area contributed by atoms with E-state index in [4.69, 9.17) is 0 Å². The third-order valence-electron chi connectivity index (χ3n) is 17.2. The molecule has 378 valence electrons.